The fourth-order valence-electron chi connectivity index (χ4n) is 2.71. The lowest BCUT2D eigenvalue weighted by molar-refractivity contribution is -0.181. The molecule has 0 aromatic carbocycles. The lowest BCUT2D eigenvalue weighted by Crippen LogP contribution is -2.29. The van der Waals surface area contributed by atoms with Crippen LogP contribution in [0.1, 0.15) is 64.7 Å². The first kappa shape index (κ1) is 39.7. The number of aryl methyl sites for hydroxylation is 4. The third kappa shape index (κ3) is 10.5. The maximum absolute atomic E-state index is 11.1. The molecule has 2 atom stereocenters. The Kier molecular flexibility index (Phi) is 18.8. The number of hydroxylamine groups is 2. The van der Waals surface area contributed by atoms with Gasteiger partial charge in [-0.25, -0.2) is 4.98 Å². The maximum atomic E-state index is 11.1. The van der Waals surface area contributed by atoms with Crippen LogP contribution in [-0.2, 0) is 21.5 Å². The quantitative estimate of drug-likeness (QED) is 0.442. The first-order valence-electron chi connectivity index (χ1n) is 11.1. The molecule has 0 spiro atoms. The number of amides is 2. The number of carbonyl (C=O) groups excluding carboxylic acids is 2. The van der Waals surface area contributed by atoms with E-state index < -0.39 is 0 Å². The van der Waals surface area contributed by atoms with Crippen LogP contribution in [0.5, 0.6) is 0 Å². The monoisotopic (exact) mass is 555 g/mol. The summed E-state index contributed by atoms with van der Waals surface area (Å²) in [7, 11) is 6.37. The predicted molar refractivity (Wildman–Crippen MR) is 149 cm³/mol. The molecule has 39 heavy (non-hydrogen) atoms. The van der Waals surface area contributed by atoms with Crippen LogP contribution in [0.4, 0.5) is 0 Å². The van der Waals surface area contributed by atoms with Gasteiger partial charge in [0.05, 0.1) is 30.4 Å². The highest BCUT2D eigenvalue weighted by molar-refractivity contribution is 6.03. The van der Waals surface area contributed by atoms with Gasteiger partial charge in [0.2, 0.25) is 0 Å². The van der Waals surface area contributed by atoms with Gasteiger partial charge in [0, 0.05) is 25.1 Å². The normalized spacial score (nSPS) is 15.1. The van der Waals surface area contributed by atoms with E-state index in [1.807, 2.05) is 41.7 Å². The second-order valence-corrected chi connectivity index (χ2v) is 7.91. The van der Waals surface area contributed by atoms with E-state index in [4.69, 9.17) is 9.68 Å². The number of rotatable bonds is 3. The topological polar surface area (TPSA) is 144 Å². The Labute approximate surface area is 233 Å². The molecule has 14 nitrogen and oxygen atoms in total. The van der Waals surface area contributed by atoms with Gasteiger partial charge in [-0.05, 0) is 39.8 Å². The maximum Gasteiger partial charge on any atom is 0.257 e. The summed E-state index contributed by atoms with van der Waals surface area (Å²) in [4.78, 5) is 41.8. The van der Waals surface area contributed by atoms with Crippen molar-refractivity contribution in [2.75, 3.05) is 21.3 Å². The van der Waals surface area contributed by atoms with Gasteiger partial charge in [-0.3, -0.25) is 19.1 Å². The van der Waals surface area contributed by atoms with Crippen LogP contribution in [0, 0.1) is 46.5 Å². The minimum Gasteiger partial charge on any atom is -0.416 e. The van der Waals surface area contributed by atoms with Crippen LogP contribution >= 0.6 is 0 Å². The number of imidazole rings is 1. The molecule has 3 aromatic heterocycles. The Morgan fingerprint density at radius 3 is 1.41 bits per heavy atom. The van der Waals surface area contributed by atoms with E-state index in [1.165, 1.54) is 12.0 Å². The Morgan fingerprint density at radius 1 is 0.744 bits per heavy atom. The van der Waals surface area contributed by atoms with E-state index in [9.17, 15) is 9.59 Å². The zero-order valence-corrected chi connectivity index (χ0v) is 22.9. The summed E-state index contributed by atoms with van der Waals surface area (Å²) in [6.45, 7) is 13.1. The van der Waals surface area contributed by atoms with Gasteiger partial charge in [-0.2, -0.15) is 9.79 Å². The Hall–Kier alpha value is -3.81. The van der Waals surface area contributed by atoms with Crippen molar-refractivity contribution in [3.8, 4) is 0 Å². The SMILES string of the molecule is C.C.C.CON1C(=O)C(C)C(C)C1=O.COn1ccnc1C.COn1nnc(C)c1C.Cc1nnn(C)c1C. The average molecular weight is 556 g/mol. The molecule has 0 saturated carbocycles. The van der Waals surface area contributed by atoms with Crippen LogP contribution in [-0.4, -0.2) is 78.1 Å². The summed E-state index contributed by atoms with van der Waals surface area (Å²) in [6.07, 6.45) is 3.45. The van der Waals surface area contributed by atoms with Crippen molar-refractivity contribution in [1.29, 1.82) is 0 Å². The van der Waals surface area contributed by atoms with Crippen LogP contribution in [0.3, 0.4) is 0 Å². The van der Waals surface area contributed by atoms with Crippen LogP contribution in [0.25, 0.3) is 0 Å². The molecule has 0 N–H and O–H groups in total. The van der Waals surface area contributed by atoms with Crippen LogP contribution in [0.15, 0.2) is 12.4 Å². The Morgan fingerprint density at radius 2 is 1.23 bits per heavy atom. The third-order valence-electron chi connectivity index (χ3n) is 5.69. The molecule has 1 fully saturated rings. The van der Waals surface area contributed by atoms with Crippen molar-refractivity contribution < 1.29 is 24.1 Å². The van der Waals surface area contributed by atoms with Gasteiger partial charge < -0.3 is 9.68 Å². The molecule has 4 heterocycles. The van der Waals surface area contributed by atoms with E-state index in [1.54, 1.807) is 49.9 Å². The zero-order valence-electron chi connectivity index (χ0n) is 22.9. The van der Waals surface area contributed by atoms with E-state index in [0.717, 1.165) is 33.7 Å². The highest BCUT2D eigenvalue weighted by atomic mass is 16.7. The summed E-state index contributed by atoms with van der Waals surface area (Å²) in [6, 6.07) is 0. The second-order valence-electron chi connectivity index (χ2n) is 7.91. The number of aromatic nitrogens is 8. The molecule has 224 valence electrons. The van der Waals surface area contributed by atoms with Crippen molar-refractivity contribution >= 4 is 11.8 Å². The molecule has 3 aromatic rings. The fraction of sp³-hybridized carbons (Fsp3) is 0.640. The molecule has 14 heteroatoms. The molecule has 2 amide bonds. The summed E-state index contributed by atoms with van der Waals surface area (Å²) >= 11 is 0. The molecule has 0 radical (unpaired) electrons. The molecule has 1 saturated heterocycles. The van der Waals surface area contributed by atoms with Crippen LogP contribution in [0.2, 0.25) is 0 Å². The summed E-state index contributed by atoms with van der Waals surface area (Å²) in [5.74, 6) is -0.118. The van der Waals surface area contributed by atoms with Crippen LogP contribution < -0.4 is 9.68 Å². The minimum atomic E-state index is -0.248. The second kappa shape index (κ2) is 18.4. The van der Waals surface area contributed by atoms with Gasteiger partial charge in [-0.1, -0.05) is 46.2 Å². The molecule has 0 bridgehead atoms. The van der Waals surface area contributed by atoms with E-state index in [0.29, 0.717) is 0 Å². The summed E-state index contributed by atoms with van der Waals surface area (Å²) < 4.78 is 3.36. The third-order valence-corrected chi connectivity index (χ3v) is 5.69. The van der Waals surface area contributed by atoms with E-state index >= 15 is 0 Å². The first-order valence-corrected chi connectivity index (χ1v) is 11.1. The fourth-order valence-corrected chi connectivity index (χ4v) is 2.71. The largest absolute Gasteiger partial charge is 0.416 e. The van der Waals surface area contributed by atoms with Gasteiger partial charge in [0.15, 0.2) is 0 Å². The molecule has 1 aliphatic heterocycles. The van der Waals surface area contributed by atoms with Crippen molar-refractivity contribution in [3.05, 3.63) is 41.0 Å². The van der Waals surface area contributed by atoms with E-state index in [2.05, 4.69) is 30.4 Å². The minimum absolute atomic E-state index is 0. The van der Waals surface area contributed by atoms with Gasteiger partial charge in [-0.15, -0.1) is 10.2 Å². The average Bonchev–Trinajstić information content (AvgIpc) is 3.57. The number of hydrogen-bond acceptors (Lipinski definition) is 10. The summed E-state index contributed by atoms with van der Waals surface area (Å²) in [5.41, 5.74) is 3.98. The lowest BCUT2D eigenvalue weighted by atomic mass is 10.00. The smallest absolute Gasteiger partial charge is 0.257 e. The lowest BCUT2D eigenvalue weighted by Gasteiger charge is -2.08. The van der Waals surface area contributed by atoms with Gasteiger partial charge in [0.25, 0.3) is 11.8 Å². The standard InChI is InChI=1S/C7H11NO3.C5H9N3O.C5H9N3.C5H8N2O.3CH4/c1-4-5(2)7(10)8(11-3)6(4)9;1-4-5(2)8(9-3)7-6-4;1-4-5(2)8(3)7-6-4;1-5-6-3-4-7(5)8-2;;;/h4-5H,1-3H3;1-3H3;1-3H3;3-4H,1-2H3;3*1H4. The van der Waals surface area contributed by atoms with Crippen molar-refractivity contribution in [2.45, 2.75) is 70.7 Å². The predicted octanol–water partition coefficient (Wildman–Crippen LogP) is 2.73. The highest BCUT2D eigenvalue weighted by Crippen LogP contribution is 2.24. The number of hydrogen-bond donors (Lipinski definition) is 0. The molecule has 0 aliphatic carbocycles. The Bertz CT molecular complexity index is 1080. The molecule has 4 rings (SSSR count). The first-order chi connectivity index (χ1) is 16.9. The number of imide groups is 1. The summed E-state index contributed by atoms with van der Waals surface area (Å²) in [5, 5.41) is 15.9. The number of nitrogens with zero attached hydrogens (tertiary/aromatic N) is 9. The zero-order chi connectivity index (χ0) is 27.6. The molecule has 1 aliphatic rings. The van der Waals surface area contributed by atoms with E-state index in [-0.39, 0.29) is 45.9 Å². The van der Waals surface area contributed by atoms with Gasteiger partial charge >= 0.3 is 0 Å². The molecule has 2 unspecified atom stereocenters. The number of carbonyl (C=O) groups is 2. The van der Waals surface area contributed by atoms with Crippen molar-refractivity contribution in [2.24, 2.45) is 18.9 Å². The molecular weight excluding hydrogens is 506 g/mol. The molecular formula is C25H49N9O5. The van der Waals surface area contributed by atoms with Crippen molar-refractivity contribution in [3.63, 3.8) is 0 Å². The Balaban J connectivity index is -0.000000435. The van der Waals surface area contributed by atoms with Gasteiger partial charge in [0.1, 0.15) is 25.7 Å². The van der Waals surface area contributed by atoms with Crippen molar-refractivity contribution in [1.82, 2.24) is 44.9 Å². The highest BCUT2D eigenvalue weighted by Gasteiger charge is 2.42.